The number of ether oxygens (including phenoxy) is 1. The Hall–Kier alpha value is -1.59. The van der Waals surface area contributed by atoms with E-state index in [2.05, 4.69) is 39.4 Å². The minimum atomic E-state index is 0.323. The lowest BCUT2D eigenvalue weighted by molar-refractivity contribution is 0.379. The van der Waals surface area contributed by atoms with Crippen LogP contribution in [0.1, 0.15) is 39.5 Å². The van der Waals surface area contributed by atoms with Crippen LogP contribution in [0.15, 0.2) is 0 Å². The number of hydrogen-bond donors (Lipinski definition) is 2. The third kappa shape index (κ3) is 5.28. The number of unbranched alkanes of at least 4 members (excludes halogenated alkanes) is 1. The molecule has 0 amide bonds. The second-order valence-corrected chi connectivity index (χ2v) is 4.52. The van der Waals surface area contributed by atoms with Crippen molar-refractivity contribution in [2.75, 3.05) is 31.3 Å². The van der Waals surface area contributed by atoms with E-state index in [4.69, 9.17) is 4.74 Å². The largest absolute Gasteiger partial charge is 0.467 e. The summed E-state index contributed by atoms with van der Waals surface area (Å²) in [7, 11) is 3.32. The maximum Gasteiger partial charge on any atom is 0.322 e. The fraction of sp³-hybridized carbons (Fsp3) is 0.769. The molecule has 0 spiro atoms. The summed E-state index contributed by atoms with van der Waals surface area (Å²) in [5, 5.41) is 6.17. The predicted octanol–water partition coefficient (Wildman–Crippen LogP) is 2.55. The van der Waals surface area contributed by atoms with Crippen LogP contribution >= 0.6 is 0 Å². The van der Waals surface area contributed by atoms with Gasteiger partial charge in [0, 0.05) is 13.6 Å². The number of anilines is 2. The fourth-order valence-corrected chi connectivity index (χ4v) is 1.82. The molecule has 6 nitrogen and oxygen atoms in total. The molecule has 0 aliphatic rings. The molecule has 1 aromatic heterocycles. The highest BCUT2D eigenvalue weighted by Crippen LogP contribution is 2.15. The Morgan fingerprint density at radius 1 is 1.16 bits per heavy atom. The van der Waals surface area contributed by atoms with E-state index in [1.807, 2.05) is 0 Å². The van der Waals surface area contributed by atoms with Crippen molar-refractivity contribution >= 4 is 11.9 Å². The molecule has 0 radical (unpaired) electrons. The molecule has 2 N–H and O–H groups in total. The molecule has 0 saturated heterocycles. The Kier molecular flexibility index (Phi) is 6.92. The van der Waals surface area contributed by atoms with Crippen LogP contribution in [-0.2, 0) is 0 Å². The number of methoxy groups -OCH3 is 1. The van der Waals surface area contributed by atoms with Gasteiger partial charge in [0.1, 0.15) is 0 Å². The van der Waals surface area contributed by atoms with E-state index >= 15 is 0 Å². The van der Waals surface area contributed by atoms with Crippen LogP contribution in [0.25, 0.3) is 0 Å². The summed E-state index contributed by atoms with van der Waals surface area (Å²) in [4.78, 5) is 12.5. The summed E-state index contributed by atoms with van der Waals surface area (Å²) in [6.07, 6.45) is 4.90. The molecule has 6 heteroatoms. The molecular weight excluding hydrogens is 242 g/mol. The second-order valence-electron chi connectivity index (χ2n) is 4.52. The highest BCUT2D eigenvalue weighted by molar-refractivity contribution is 5.35. The molecule has 1 atom stereocenters. The Morgan fingerprint density at radius 2 is 1.89 bits per heavy atom. The van der Waals surface area contributed by atoms with Crippen molar-refractivity contribution in [1.29, 1.82) is 0 Å². The van der Waals surface area contributed by atoms with Crippen molar-refractivity contribution in [2.45, 2.75) is 39.5 Å². The van der Waals surface area contributed by atoms with Gasteiger partial charge in [-0.05, 0) is 12.3 Å². The monoisotopic (exact) mass is 267 g/mol. The molecule has 0 bridgehead atoms. The Morgan fingerprint density at radius 3 is 2.47 bits per heavy atom. The topological polar surface area (TPSA) is 72.0 Å². The zero-order chi connectivity index (χ0) is 14.1. The van der Waals surface area contributed by atoms with Crippen molar-refractivity contribution in [3.8, 4) is 6.01 Å². The molecule has 0 fully saturated rings. The first-order valence-electron chi connectivity index (χ1n) is 6.95. The van der Waals surface area contributed by atoms with Crippen LogP contribution in [-0.4, -0.2) is 35.7 Å². The van der Waals surface area contributed by atoms with E-state index in [1.54, 1.807) is 14.2 Å². The zero-order valence-corrected chi connectivity index (χ0v) is 12.4. The van der Waals surface area contributed by atoms with Crippen LogP contribution in [0.5, 0.6) is 6.01 Å². The van der Waals surface area contributed by atoms with Gasteiger partial charge in [-0.3, -0.25) is 0 Å². The van der Waals surface area contributed by atoms with Crippen molar-refractivity contribution < 1.29 is 4.74 Å². The molecule has 0 aromatic carbocycles. The standard InChI is InChI=1S/C13H25N5O/c1-5-7-8-10(6-2)9-15-12-16-11(14-3)17-13(18-12)19-4/h10H,5-9H2,1-4H3,(H2,14,15,16,17,18). The number of rotatable bonds is 9. The van der Waals surface area contributed by atoms with Crippen LogP contribution in [0.4, 0.5) is 11.9 Å². The molecule has 0 aliphatic heterocycles. The van der Waals surface area contributed by atoms with Crippen molar-refractivity contribution in [3.05, 3.63) is 0 Å². The van der Waals surface area contributed by atoms with E-state index in [-0.39, 0.29) is 0 Å². The van der Waals surface area contributed by atoms with E-state index < -0.39 is 0 Å². The second kappa shape index (κ2) is 8.50. The Labute approximate surface area is 115 Å². The van der Waals surface area contributed by atoms with E-state index in [0.29, 0.717) is 23.8 Å². The molecule has 1 aromatic rings. The first kappa shape index (κ1) is 15.5. The maximum atomic E-state index is 5.05. The van der Waals surface area contributed by atoms with Crippen molar-refractivity contribution in [3.63, 3.8) is 0 Å². The summed E-state index contributed by atoms with van der Waals surface area (Å²) < 4.78 is 5.05. The van der Waals surface area contributed by atoms with Gasteiger partial charge in [0.05, 0.1) is 7.11 Å². The Bertz CT molecular complexity index is 350. The van der Waals surface area contributed by atoms with Gasteiger partial charge >= 0.3 is 6.01 Å². The smallest absolute Gasteiger partial charge is 0.322 e. The van der Waals surface area contributed by atoms with E-state index in [9.17, 15) is 0 Å². The summed E-state index contributed by atoms with van der Waals surface area (Å²) in [5.41, 5.74) is 0. The molecule has 108 valence electrons. The lowest BCUT2D eigenvalue weighted by atomic mass is 9.99. The third-order valence-corrected chi connectivity index (χ3v) is 3.11. The zero-order valence-electron chi connectivity index (χ0n) is 12.4. The first-order chi connectivity index (χ1) is 9.23. The Balaban J connectivity index is 2.60. The predicted molar refractivity (Wildman–Crippen MR) is 77.7 cm³/mol. The average molecular weight is 267 g/mol. The van der Waals surface area contributed by atoms with Crippen molar-refractivity contribution in [1.82, 2.24) is 15.0 Å². The fourth-order valence-electron chi connectivity index (χ4n) is 1.82. The van der Waals surface area contributed by atoms with E-state index in [1.165, 1.54) is 19.3 Å². The van der Waals surface area contributed by atoms with Crippen LogP contribution in [0, 0.1) is 5.92 Å². The summed E-state index contributed by atoms with van der Waals surface area (Å²) in [5.74, 6) is 1.72. The molecule has 1 unspecified atom stereocenters. The summed E-state index contributed by atoms with van der Waals surface area (Å²) in [6.45, 7) is 5.32. The van der Waals surface area contributed by atoms with Gasteiger partial charge in [0.15, 0.2) is 0 Å². The lowest BCUT2D eigenvalue weighted by Gasteiger charge is -2.15. The molecular formula is C13H25N5O. The van der Waals surface area contributed by atoms with Crippen LogP contribution in [0.3, 0.4) is 0 Å². The maximum absolute atomic E-state index is 5.05. The van der Waals surface area contributed by atoms with Crippen molar-refractivity contribution in [2.24, 2.45) is 5.92 Å². The van der Waals surface area contributed by atoms with Crippen LogP contribution < -0.4 is 15.4 Å². The SMILES string of the molecule is CCCCC(CC)CNc1nc(NC)nc(OC)n1. The molecule has 0 aliphatic carbocycles. The quantitative estimate of drug-likeness (QED) is 0.716. The third-order valence-electron chi connectivity index (χ3n) is 3.11. The molecule has 19 heavy (non-hydrogen) atoms. The van der Waals surface area contributed by atoms with Crippen LogP contribution in [0.2, 0.25) is 0 Å². The van der Waals surface area contributed by atoms with Gasteiger partial charge in [0.25, 0.3) is 0 Å². The number of nitrogens with one attached hydrogen (secondary N) is 2. The molecule has 0 saturated carbocycles. The summed E-state index contributed by atoms with van der Waals surface area (Å²) >= 11 is 0. The number of aromatic nitrogens is 3. The van der Waals surface area contributed by atoms with Gasteiger partial charge in [0.2, 0.25) is 11.9 Å². The lowest BCUT2D eigenvalue weighted by Crippen LogP contribution is -2.16. The summed E-state index contributed by atoms with van der Waals surface area (Å²) in [6, 6.07) is 0.323. The van der Waals surface area contributed by atoms with E-state index in [0.717, 1.165) is 13.0 Å². The minimum absolute atomic E-state index is 0.323. The van der Waals surface area contributed by atoms with Gasteiger partial charge in [-0.2, -0.15) is 15.0 Å². The highest BCUT2D eigenvalue weighted by Gasteiger charge is 2.09. The first-order valence-corrected chi connectivity index (χ1v) is 6.95. The molecule has 1 heterocycles. The average Bonchev–Trinajstić information content (AvgIpc) is 2.47. The number of nitrogens with zero attached hydrogens (tertiary/aromatic N) is 3. The van der Waals surface area contributed by atoms with Gasteiger partial charge in [-0.15, -0.1) is 0 Å². The number of hydrogen-bond acceptors (Lipinski definition) is 6. The van der Waals surface area contributed by atoms with Gasteiger partial charge in [-0.25, -0.2) is 0 Å². The normalized spacial score (nSPS) is 12.0. The minimum Gasteiger partial charge on any atom is -0.467 e. The highest BCUT2D eigenvalue weighted by atomic mass is 16.5. The van der Waals surface area contributed by atoms with Gasteiger partial charge in [-0.1, -0.05) is 33.1 Å². The van der Waals surface area contributed by atoms with Gasteiger partial charge < -0.3 is 15.4 Å². The molecule has 1 rings (SSSR count).